The smallest absolute Gasteiger partial charge is 0.223 e. The summed E-state index contributed by atoms with van der Waals surface area (Å²) in [6, 6.07) is 1.81. The predicted molar refractivity (Wildman–Crippen MR) is 59.6 cm³/mol. The van der Waals surface area contributed by atoms with E-state index >= 15 is 0 Å². The molecular formula is C11H14N4O2. The van der Waals surface area contributed by atoms with Crippen LogP contribution in [0.25, 0.3) is 0 Å². The van der Waals surface area contributed by atoms with Crippen molar-refractivity contribution in [3.05, 3.63) is 24.3 Å². The third kappa shape index (κ3) is 2.77. The van der Waals surface area contributed by atoms with Crippen LogP contribution in [0.5, 0.6) is 0 Å². The highest BCUT2D eigenvalue weighted by molar-refractivity contribution is 5.88. The van der Waals surface area contributed by atoms with Crippen LogP contribution in [-0.4, -0.2) is 39.8 Å². The number of hydrogen-bond acceptors (Lipinski definition) is 4. The normalized spacial score (nSPS) is 19.6. The van der Waals surface area contributed by atoms with Gasteiger partial charge >= 0.3 is 0 Å². The third-order valence-corrected chi connectivity index (χ3v) is 2.90. The maximum atomic E-state index is 11.6. The average molecular weight is 234 g/mol. The molecule has 1 fully saturated rings. The minimum Gasteiger partial charge on any atom is -0.369 e. The van der Waals surface area contributed by atoms with Gasteiger partial charge in [0.2, 0.25) is 11.8 Å². The molecule has 1 aromatic rings. The SMILES string of the molecule is NC(=O)C1CC(=O)N(CCc2ccncn2)C1. The van der Waals surface area contributed by atoms with Crippen molar-refractivity contribution < 1.29 is 9.59 Å². The topological polar surface area (TPSA) is 89.2 Å². The monoisotopic (exact) mass is 234 g/mol. The molecule has 0 bridgehead atoms. The van der Waals surface area contributed by atoms with E-state index in [4.69, 9.17) is 5.73 Å². The van der Waals surface area contributed by atoms with Gasteiger partial charge < -0.3 is 10.6 Å². The van der Waals surface area contributed by atoms with Gasteiger partial charge in [-0.1, -0.05) is 0 Å². The highest BCUT2D eigenvalue weighted by Crippen LogP contribution is 2.17. The highest BCUT2D eigenvalue weighted by Gasteiger charge is 2.32. The van der Waals surface area contributed by atoms with Crippen molar-refractivity contribution >= 4 is 11.8 Å². The molecule has 1 aromatic heterocycles. The zero-order valence-electron chi connectivity index (χ0n) is 9.37. The quantitative estimate of drug-likeness (QED) is 0.750. The minimum atomic E-state index is -0.400. The zero-order chi connectivity index (χ0) is 12.3. The van der Waals surface area contributed by atoms with Gasteiger partial charge in [0.1, 0.15) is 6.33 Å². The van der Waals surface area contributed by atoms with E-state index in [1.54, 1.807) is 11.1 Å². The Balaban J connectivity index is 1.88. The summed E-state index contributed by atoms with van der Waals surface area (Å²) in [6.07, 6.45) is 4.05. The van der Waals surface area contributed by atoms with Gasteiger partial charge in [-0.3, -0.25) is 9.59 Å². The molecule has 0 aliphatic carbocycles. The second kappa shape index (κ2) is 4.90. The Bertz CT molecular complexity index is 421. The second-order valence-corrected chi connectivity index (χ2v) is 4.09. The average Bonchev–Trinajstić information content (AvgIpc) is 2.70. The van der Waals surface area contributed by atoms with Gasteiger partial charge in [-0.25, -0.2) is 9.97 Å². The van der Waals surface area contributed by atoms with E-state index < -0.39 is 5.91 Å². The van der Waals surface area contributed by atoms with Crippen LogP contribution >= 0.6 is 0 Å². The van der Waals surface area contributed by atoms with Crippen LogP contribution in [0.15, 0.2) is 18.6 Å². The predicted octanol–water partition coefficient (Wildman–Crippen LogP) is -0.647. The number of nitrogens with two attached hydrogens (primary N) is 1. The summed E-state index contributed by atoms with van der Waals surface area (Å²) >= 11 is 0. The van der Waals surface area contributed by atoms with Gasteiger partial charge in [-0.2, -0.15) is 0 Å². The van der Waals surface area contributed by atoms with E-state index in [-0.39, 0.29) is 18.2 Å². The Morgan fingerprint density at radius 2 is 2.41 bits per heavy atom. The lowest BCUT2D eigenvalue weighted by atomic mass is 10.1. The van der Waals surface area contributed by atoms with E-state index in [1.165, 1.54) is 6.33 Å². The van der Waals surface area contributed by atoms with E-state index in [2.05, 4.69) is 9.97 Å². The molecule has 1 aliphatic rings. The molecule has 2 heterocycles. The summed E-state index contributed by atoms with van der Waals surface area (Å²) < 4.78 is 0. The number of primary amides is 1. The molecule has 1 aliphatic heterocycles. The lowest BCUT2D eigenvalue weighted by Gasteiger charge is -2.15. The van der Waals surface area contributed by atoms with Gasteiger partial charge in [0.25, 0.3) is 0 Å². The van der Waals surface area contributed by atoms with E-state index in [9.17, 15) is 9.59 Å². The molecule has 6 nitrogen and oxygen atoms in total. The molecule has 17 heavy (non-hydrogen) atoms. The number of aromatic nitrogens is 2. The summed E-state index contributed by atoms with van der Waals surface area (Å²) in [4.78, 5) is 32.2. The van der Waals surface area contributed by atoms with Gasteiger partial charge in [0.05, 0.1) is 5.92 Å². The molecule has 0 saturated carbocycles. The van der Waals surface area contributed by atoms with Crippen molar-refractivity contribution in [2.24, 2.45) is 11.7 Å². The lowest BCUT2D eigenvalue weighted by molar-refractivity contribution is -0.128. The van der Waals surface area contributed by atoms with Crippen LogP contribution in [0.3, 0.4) is 0 Å². The number of likely N-dealkylation sites (tertiary alicyclic amines) is 1. The fraction of sp³-hybridized carbons (Fsp3) is 0.455. The molecule has 1 atom stereocenters. The Kier molecular flexibility index (Phi) is 3.32. The molecule has 0 radical (unpaired) electrons. The molecule has 2 N–H and O–H groups in total. The minimum absolute atomic E-state index is 0.0112. The van der Waals surface area contributed by atoms with Gasteiger partial charge in [-0.15, -0.1) is 0 Å². The number of carbonyl (C=O) groups excluding carboxylic acids is 2. The summed E-state index contributed by atoms with van der Waals surface area (Å²) in [5.74, 6) is -0.751. The molecule has 0 spiro atoms. The van der Waals surface area contributed by atoms with E-state index in [0.29, 0.717) is 19.5 Å². The van der Waals surface area contributed by atoms with Crippen LogP contribution in [-0.2, 0) is 16.0 Å². The second-order valence-electron chi connectivity index (χ2n) is 4.09. The molecular weight excluding hydrogens is 220 g/mol. The van der Waals surface area contributed by atoms with Crippen LogP contribution in [0.1, 0.15) is 12.1 Å². The third-order valence-electron chi connectivity index (χ3n) is 2.90. The number of nitrogens with zero attached hydrogens (tertiary/aromatic N) is 3. The van der Waals surface area contributed by atoms with Crippen molar-refractivity contribution in [2.45, 2.75) is 12.8 Å². The Labute approximate surface area is 98.8 Å². The molecule has 90 valence electrons. The first-order valence-corrected chi connectivity index (χ1v) is 5.49. The first-order valence-electron chi connectivity index (χ1n) is 5.49. The molecule has 0 aromatic carbocycles. The van der Waals surface area contributed by atoms with Crippen LogP contribution < -0.4 is 5.73 Å². The largest absolute Gasteiger partial charge is 0.369 e. The van der Waals surface area contributed by atoms with Gasteiger partial charge in [0, 0.05) is 37.8 Å². The van der Waals surface area contributed by atoms with Crippen LogP contribution in [0.4, 0.5) is 0 Å². The molecule has 2 amide bonds. The Morgan fingerprint density at radius 3 is 3.00 bits per heavy atom. The van der Waals surface area contributed by atoms with Crippen molar-refractivity contribution in [3.63, 3.8) is 0 Å². The van der Waals surface area contributed by atoms with Crippen LogP contribution in [0.2, 0.25) is 0 Å². The molecule has 1 unspecified atom stereocenters. The number of carbonyl (C=O) groups is 2. The Morgan fingerprint density at radius 1 is 1.59 bits per heavy atom. The van der Waals surface area contributed by atoms with Crippen molar-refractivity contribution in [1.29, 1.82) is 0 Å². The molecule has 2 rings (SSSR count). The standard InChI is InChI=1S/C11H14N4O2/c12-11(17)8-5-10(16)15(6-8)4-2-9-1-3-13-7-14-9/h1,3,7-8H,2,4-6H2,(H2,12,17). The summed E-state index contributed by atoms with van der Waals surface area (Å²) in [7, 11) is 0. The van der Waals surface area contributed by atoms with E-state index in [0.717, 1.165) is 5.69 Å². The lowest BCUT2D eigenvalue weighted by Crippen LogP contribution is -2.30. The highest BCUT2D eigenvalue weighted by atomic mass is 16.2. The van der Waals surface area contributed by atoms with E-state index in [1.807, 2.05) is 6.07 Å². The molecule has 1 saturated heterocycles. The van der Waals surface area contributed by atoms with Crippen LogP contribution in [0, 0.1) is 5.92 Å². The summed E-state index contributed by atoms with van der Waals surface area (Å²) in [5.41, 5.74) is 6.08. The first-order chi connectivity index (χ1) is 8.16. The summed E-state index contributed by atoms with van der Waals surface area (Å²) in [5, 5.41) is 0. The van der Waals surface area contributed by atoms with Crippen molar-refractivity contribution in [3.8, 4) is 0 Å². The number of rotatable bonds is 4. The van der Waals surface area contributed by atoms with Crippen molar-refractivity contribution in [1.82, 2.24) is 14.9 Å². The maximum absolute atomic E-state index is 11.6. The zero-order valence-corrected chi connectivity index (χ0v) is 9.37. The summed E-state index contributed by atoms with van der Waals surface area (Å²) in [6.45, 7) is 0.999. The van der Waals surface area contributed by atoms with Gasteiger partial charge in [0.15, 0.2) is 0 Å². The first kappa shape index (κ1) is 11.5. The fourth-order valence-electron chi connectivity index (χ4n) is 1.89. The number of hydrogen-bond donors (Lipinski definition) is 1. The molecule has 6 heteroatoms. The van der Waals surface area contributed by atoms with Gasteiger partial charge in [-0.05, 0) is 6.07 Å². The Hall–Kier alpha value is -1.98. The maximum Gasteiger partial charge on any atom is 0.223 e. The number of amides is 2. The van der Waals surface area contributed by atoms with Crippen molar-refractivity contribution in [2.75, 3.05) is 13.1 Å². The fourth-order valence-corrected chi connectivity index (χ4v) is 1.89.